The second-order valence-electron chi connectivity index (χ2n) is 4.88. The Hall–Kier alpha value is -2.10. The highest BCUT2D eigenvalue weighted by atomic mass is 16.5. The van der Waals surface area contributed by atoms with E-state index in [4.69, 9.17) is 10.5 Å². The highest BCUT2D eigenvalue weighted by molar-refractivity contribution is 5.44. The van der Waals surface area contributed by atoms with Crippen LogP contribution in [0.2, 0.25) is 0 Å². The van der Waals surface area contributed by atoms with E-state index in [1.54, 1.807) is 0 Å². The molecule has 0 aliphatic carbocycles. The Kier molecular flexibility index (Phi) is 4.56. The summed E-state index contributed by atoms with van der Waals surface area (Å²) in [6, 6.07) is 10.1. The molecule has 2 rings (SSSR count). The molecule has 1 atom stereocenters. The van der Waals surface area contributed by atoms with Gasteiger partial charge in [0.15, 0.2) is 0 Å². The predicted molar refractivity (Wildman–Crippen MR) is 80.7 cm³/mol. The summed E-state index contributed by atoms with van der Waals surface area (Å²) in [6.07, 6.45) is 1.72. The minimum atomic E-state index is -0.0707. The van der Waals surface area contributed by atoms with Crippen molar-refractivity contribution in [2.75, 3.05) is 5.73 Å². The molecule has 4 nitrogen and oxygen atoms in total. The van der Waals surface area contributed by atoms with Gasteiger partial charge in [-0.2, -0.15) is 4.98 Å². The highest BCUT2D eigenvalue weighted by Crippen LogP contribution is 2.25. The lowest BCUT2D eigenvalue weighted by atomic mass is 10.1. The summed E-state index contributed by atoms with van der Waals surface area (Å²) >= 11 is 0. The van der Waals surface area contributed by atoms with E-state index in [2.05, 4.69) is 16.9 Å². The van der Waals surface area contributed by atoms with E-state index >= 15 is 0 Å². The summed E-state index contributed by atoms with van der Waals surface area (Å²) in [4.78, 5) is 8.76. The van der Waals surface area contributed by atoms with Gasteiger partial charge in [-0.25, -0.2) is 4.98 Å². The van der Waals surface area contributed by atoms with Crippen LogP contribution in [0.15, 0.2) is 30.3 Å². The van der Waals surface area contributed by atoms with Crippen molar-refractivity contribution in [1.82, 2.24) is 9.97 Å². The van der Waals surface area contributed by atoms with E-state index in [-0.39, 0.29) is 6.10 Å². The van der Waals surface area contributed by atoms with Crippen LogP contribution in [-0.4, -0.2) is 9.97 Å². The molecule has 20 heavy (non-hydrogen) atoms. The number of aryl methyl sites for hydroxylation is 1. The molecule has 1 aromatic carbocycles. The van der Waals surface area contributed by atoms with Crippen molar-refractivity contribution in [1.29, 1.82) is 0 Å². The number of ether oxygens (including phenoxy) is 1. The van der Waals surface area contributed by atoms with E-state index < -0.39 is 0 Å². The number of anilines is 1. The summed E-state index contributed by atoms with van der Waals surface area (Å²) in [5.74, 6) is 1.82. The summed E-state index contributed by atoms with van der Waals surface area (Å²) in [5, 5.41) is 0. The Morgan fingerprint density at radius 1 is 1.20 bits per heavy atom. The molecule has 0 radical (unpaired) electrons. The van der Waals surface area contributed by atoms with E-state index in [1.807, 2.05) is 44.2 Å². The Bertz CT molecular complexity index is 569. The SMILES string of the molecule is CCCc1nc(N)c(C)c(OC(C)c2ccccc2)n1. The minimum absolute atomic E-state index is 0.0707. The summed E-state index contributed by atoms with van der Waals surface area (Å²) in [7, 11) is 0. The second kappa shape index (κ2) is 6.37. The molecule has 106 valence electrons. The first-order valence-electron chi connectivity index (χ1n) is 6.96. The van der Waals surface area contributed by atoms with Crippen LogP contribution in [0.25, 0.3) is 0 Å². The van der Waals surface area contributed by atoms with Crippen molar-refractivity contribution in [3.05, 3.63) is 47.3 Å². The van der Waals surface area contributed by atoms with Crippen molar-refractivity contribution in [2.45, 2.75) is 39.7 Å². The molecular formula is C16H21N3O. The number of hydrogen-bond donors (Lipinski definition) is 1. The largest absolute Gasteiger partial charge is 0.469 e. The van der Waals surface area contributed by atoms with Gasteiger partial charge in [0.2, 0.25) is 5.88 Å². The average Bonchev–Trinajstić information content (AvgIpc) is 2.45. The number of hydrogen-bond acceptors (Lipinski definition) is 4. The maximum absolute atomic E-state index is 5.97. The number of aromatic nitrogens is 2. The normalized spacial score (nSPS) is 12.2. The first kappa shape index (κ1) is 14.3. The van der Waals surface area contributed by atoms with Gasteiger partial charge in [0.25, 0.3) is 0 Å². The molecule has 0 bridgehead atoms. The van der Waals surface area contributed by atoms with Crippen LogP contribution in [0.1, 0.15) is 43.3 Å². The van der Waals surface area contributed by atoms with Crippen molar-refractivity contribution in [2.24, 2.45) is 0 Å². The average molecular weight is 271 g/mol. The van der Waals surface area contributed by atoms with Crippen LogP contribution in [0, 0.1) is 6.92 Å². The third-order valence-electron chi connectivity index (χ3n) is 3.22. The van der Waals surface area contributed by atoms with Crippen LogP contribution in [0.5, 0.6) is 5.88 Å². The van der Waals surface area contributed by atoms with Crippen molar-refractivity contribution >= 4 is 5.82 Å². The quantitative estimate of drug-likeness (QED) is 0.904. The van der Waals surface area contributed by atoms with Gasteiger partial charge >= 0.3 is 0 Å². The van der Waals surface area contributed by atoms with Crippen molar-refractivity contribution in [3.8, 4) is 5.88 Å². The van der Waals surface area contributed by atoms with Gasteiger partial charge in [0, 0.05) is 6.42 Å². The monoisotopic (exact) mass is 271 g/mol. The standard InChI is InChI=1S/C16H21N3O/c1-4-8-14-18-15(17)11(2)16(19-14)20-12(3)13-9-6-5-7-10-13/h5-7,9-10,12H,4,8H2,1-3H3,(H2,17,18,19). The zero-order valence-corrected chi connectivity index (χ0v) is 12.3. The van der Waals surface area contributed by atoms with E-state index in [9.17, 15) is 0 Å². The second-order valence-corrected chi connectivity index (χ2v) is 4.88. The van der Waals surface area contributed by atoms with Gasteiger partial charge in [-0.3, -0.25) is 0 Å². The van der Waals surface area contributed by atoms with E-state index in [0.29, 0.717) is 11.7 Å². The molecule has 0 aliphatic heterocycles. The number of nitrogen functional groups attached to an aromatic ring is 1. The van der Waals surface area contributed by atoms with Crippen molar-refractivity contribution < 1.29 is 4.74 Å². The van der Waals surface area contributed by atoms with Crippen LogP contribution in [0.4, 0.5) is 5.82 Å². The molecule has 2 aromatic rings. The summed E-state index contributed by atoms with van der Waals surface area (Å²) in [6.45, 7) is 5.98. The fourth-order valence-electron chi connectivity index (χ4n) is 1.97. The molecule has 0 aliphatic rings. The highest BCUT2D eigenvalue weighted by Gasteiger charge is 2.13. The Morgan fingerprint density at radius 2 is 1.90 bits per heavy atom. The smallest absolute Gasteiger partial charge is 0.222 e. The number of benzene rings is 1. The number of rotatable bonds is 5. The van der Waals surface area contributed by atoms with Gasteiger partial charge in [0.05, 0.1) is 5.56 Å². The van der Waals surface area contributed by atoms with Crippen LogP contribution in [0.3, 0.4) is 0 Å². The van der Waals surface area contributed by atoms with Gasteiger partial charge in [-0.05, 0) is 25.8 Å². The summed E-state index contributed by atoms with van der Waals surface area (Å²) in [5.41, 5.74) is 7.85. The Morgan fingerprint density at radius 3 is 2.55 bits per heavy atom. The zero-order valence-electron chi connectivity index (χ0n) is 12.3. The van der Waals surface area contributed by atoms with E-state index in [1.165, 1.54) is 0 Å². The molecule has 0 amide bonds. The fourth-order valence-corrected chi connectivity index (χ4v) is 1.97. The van der Waals surface area contributed by atoms with Crippen LogP contribution in [-0.2, 0) is 6.42 Å². The first-order valence-corrected chi connectivity index (χ1v) is 6.96. The maximum atomic E-state index is 5.97. The predicted octanol–water partition coefficient (Wildman–Crippen LogP) is 3.46. The number of nitrogens with zero attached hydrogens (tertiary/aromatic N) is 2. The third kappa shape index (κ3) is 3.26. The first-order chi connectivity index (χ1) is 9.61. The molecule has 0 spiro atoms. The number of nitrogens with two attached hydrogens (primary N) is 1. The molecule has 0 fully saturated rings. The van der Waals surface area contributed by atoms with Gasteiger partial charge in [0.1, 0.15) is 17.7 Å². The lowest BCUT2D eigenvalue weighted by Gasteiger charge is -2.17. The molecule has 0 saturated heterocycles. The van der Waals surface area contributed by atoms with Gasteiger partial charge in [-0.1, -0.05) is 37.3 Å². The Balaban J connectivity index is 2.24. The lowest BCUT2D eigenvalue weighted by Crippen LogP contribution is -2.10. The molecule has 1 heterocycles. The molecule has 1 aromatic heterocycles. The lowest BCUT2D eigenvalue weighted by molar-refractivity contribution is 0.215. The topological polar surface area (TPSA) is 61.0 Å². The third-order valence-corrected chi connectivity index (χ3v) is 3.22. The van der Waals surface area contributed by atoms with Crippen molar-refractivity contribution in [3.63, 3.8) is 0 Å². The molecular weight excluding hydrogens is 250 g/mol. The minimum Gasteiger partial charge on any atom is -0.469 e. The zero-order chi connectivity index (χ0) is 14.5. The van der Waals surface area contributed by atoms with Gasteiger partial charge < -0.3 is 10.5 Å². The summed E-state index contributed by atoms with van der Waals surface area (Å²) < 4.78 is 5.97. The molecule has 2 N–H and O–H groups in total. The maximum Gasteiger partial charge on any atom is 0.222 e. The van der Waals surface area contributed by atoms with Crippen LogP contribution < -0.4 is 10.5 Å². The molecule has 0 saturated carbocycles. The van der Waals surface area contributed by atoms with Crippen LogP contribution >= 0.6 is 0 Å². The molecule has 4 heteroatoms. The fraction of sp³-hybridized carbons (Fsp3) is 0.375. The Labute approximate surface area is 120 Å². The molecule has 1 unspecified atom stereocenters. The van der Waals surface area contributed by atoms with Gasteiger partial charge in [-0.15, -0.1) is 0 Å². The van der Waals surface area contributed by atoms with E-state index in [0.717, 1.165) is 29.8 Å².